The molecule has 0 bridgehead atoms. The molecule has 0 aliphatic carbocycles. The molecule has 3 heteroatoms. The van der Waals surface area contributed by atoms with Gasteiger partial charge in [0.1, 0.15) is 0 Å². The topological polar surface area (TPSA) is 25.8 Å². The minimum absolute atomic E-state index is 0.138. The van der Waals surface area contributed by atoms with Gasteiger partial charge in [-0.3, -0.25) is 4.98 Å². The van der Waals surface area contributed by atoms with Gasteiger partial charge in [-0.25, -0.2) is 4.98 Å². The van der Waals surface area contributed by atoms with Gasteiger partial charge in [0.2, 0.25) is 0 Å². The van der Waals surface area contributed by atoms with Gasteiger partial charge >= 0.3 is 0 Å². The van der Waals surface area contributed by atoms with Gasteiger partial charge in [-0.15, -0.1) is 11.3 Å². The number of aromatic nitrogens is 2. The van der Waals surface area contributed by atoms with Gasteiger partial charge in [-0.1, -0.05) is 224 Å². The van der Waals surface area contributed by atoms with Crippen molar-refractivity contribution in [2.75, 3.05) is 0 Å². The van der Waals surface area contributed by atoms with Crippen LogP contribution in [0.5, 0.6) is 0 Å². The Labute approximate surface area is 411 Å². The second kappa shape index (κ2) is 16.0. The lowest BCUT2D eigenvalue weighted by Gasteiger charge is -2.18. The van der Waals surface area contributed by atoms with Crippen LogP contribution < -0.4 is 0 Å². The molecule has 0 radical (unpaired) electrons. The summed E-state index contributed by atoms with van der Waals surface area (Å²) in [5.74, 6) is 0. The lowest BCUT2D eigenvalue weighted by atomic mass is 9.84. The van der Waals surface area contributed by atoms with Crippen LogP contribution in [0.3, 0.4) is 0 Å². The molecule has 3 aromatic heterocycles. The SMILES string of the molecule is [2H]c1c([2H])c([2H])c2c(-c3ccc(-c4c(-c5cccc6ccccc56)sc(-c5cccc6ccccc56)c4-c4cccc5ccccc45)c4ccccc34)c([2H])c([2H])c(-c3ccc4ccc5cccnc5c4n3)c2c1[2H]. The van der Waals surface area contributed by atoms with Crippen LogP contribution >= 0.6 is 11.3 Å². The van der Waals surface area contributed by atoms with Crippen LogP contribution in [0.4, 0.5) is 0 Å². The number of benzene rings is 11. The predicted molar refractivity (Wildman–Crippen MR) is 295 cm³/mol. The maximum atomic E-state index is 10.0. The van der Waals surface area contributed by atoms with E-state index in [0.717, 1.165) is 97.0 Å². The zero-order valence-electron chi connectivity index (χ0n) is 42.9. The molecule has 11 aromatic carbocycles. The average Bonchev–Trinajstić information content (AvgIpc) is 3.86. The van der Waals surface area contributed by atoms with Crippen LogP contribution in [0.2, 0.25) is 0 Å². The Kier molecular flexibility index (Phi) is 7.78. The fourth-order valence-electron chi connectivity index (χ4n) is 10.5. The molecule has 0 spiro atoms. The number of thiophene rings is 1. The molecule has 0 aliphatic rings. The Morgan fingerprint density at radius 1 is 0.304 bits per heavy atom. The van der Waals surface area contributed by atoms with Crippen molar-refractivity contribution < 1.29 is 8.22 Å². The second-order valence-electron chi connectivity index (χ2n) is 17.5. The standard InChI is InChI=1S/C66H40N2S/c1-4-22-46-41(15-1)18-11-29-56(46)61-62(66(59-31-13-20-43-17-3-6-24-48(43)59)69-65(61)58-30-12-19-42-16-2-5-23-47(42)58)57-38-36-54(50-26-8-10-28-52(50)57)53-35-37-55(51-27-9-7-25-49(51)53)60-39-34-45-33-32-44-21-14-40-67-63(44)64(45)68-60/h1-40H/i7D,9D,25D,27D,35D,37D. The minimum Gasteiger partial charge on any atom is -0.254 e. The van der Waals surface area contributed by atoms with Crippen molar-refractivity contribution in [3.05, 3.63) is 243 Å². The molecule has 0 amide bonds. The van der Waals surface area contributed by atoms with Gasteiger partial charge in [-0.05, 0) is 88.2 Å². The summed E-state index contributed by atoms with van der Waals surface area (Å²) in [6.07, 6.45) is 1.71. The van der Waals surface area contributed by atoms with Crippen molar-refractivity contribution >= 4 is 87.0 Å². The molecule has 0 aliphatic heterocycles. The second-order valence-corrected chi connectivity index (χ2v) is 18.5. The van der Waals surface area contributed by atoms with Crippen LogP contribution in [-0.2, 0) is 0 Å². The van der Waals surface area contributed by atoms with E-state index in [1.807, 2.05) is 54.6 Å². The first-order valence-corrected chi connectivity index (χ1v) is 23.9. The Morgan fingerprint density at radius 3 is 1.39 bits per heavy atom. The summed E-state index contributed by atoms with van der Waals surface area (Å²) in [6, 6.07) is 67.1. The highest BCUT2D eigenvalue weighted by Gasteiger charge is 2.28. The van der Waals surface area contributed by atoms with E-state index >= 15 is 0 Å². The van der Waals surface area contributed by atoms with E-state index in [4.69, 9.17) is 7.73 Å². The number of fused-ring (bicyclic) bond motifs is 8. The summed E-state index contributed by atoms with van der Waals surface area (Å²) in [5.41, 5.74) is 9.03. The highest BCUT2D eigenvalue weighted by molar-refractivity contribution is 7.20. The number of hydrogen-bond acceptors (Lipinski definition) is 3. The first-order valence-electron chi connectivity index (χ1n) is 26.1. The molecule has 3 heterocycles. The van der Waals surface area contributed by atoms with Gasteiger partial charge in [-0.2, -0.15) is 0 Å². The minimum atomic E-state index is -0.425. The van der Waals surface area contributed by atoms with Crippen molar-refractivity contribution in [1.29, 1.82) is 0 Å². The molecular formula is C66H40N2S. The molecular weight excluding hydrogens is 853 g/mol. The van der Waals surface area contributed by atoms with Gasteiger partial charge < -0.3 is 0 Å². The molecule has 2 nitrogen and oxygen atoms in total. The van der Waals surface area contributed by atoms with E-state index in [1.165, 1.54) is 0 Å². The molecule has 0 fully saturated rings. The maximum absolute atomic E-state index is 10.0. The summed E-state index contributed by atoms with van der Waals surface area (Å²) in [7, 11) is 0. The average molecular weight is 899 g/mol. The van der Waals surface area contributed by atoms with E-state index in [2.05, 4.69) is 145 Å². The number of pyridine rings is 2. The summed E-state index contributed by atoms with van der Waals surface area (Å²) >= 11 is 1.79. The van der Waals surface area contributed by atoms with Crippen LogP contribution in [0.25, 0.3) is 141 Å². The van der Waals surface area contributed by atoms with Gasteiger partial charge in [0, 0.05) is 54.5 Å². The van der Waals surface area contributed by atoms with Gasteiger partial charge in [0.15, 0.2) is 0 Å². The molecule has 69 heavy (non-hydrogen) atoms. The van der Waals surface area contributed by atoms with Crippen molar-refractivity contribution in [2.45, 2.75) is 0 Å². The van der Waals surface area contributed by atoms with Crippen LogP contribution in [-0.4, -0.2) is 9.97 Å². The van der Waals surface area contributed by atoms with E-state index in [9.17, 15) is 5.48 Å². The normalized spacial score (nSPS) is 13.0. The molecule has 0 atom stereocenters. The highest BCUT2D eigenvalue weighted by atomic mass is 32.1. The third-order valence-corrected chi connectivity index (χ3v) is 14.9. The van der Waals surface area contributed by atoms with Crippen LogP contribution in [0.15, 0.2) is 243 Å². The van der Waals surface area contributed by atoms with E-state index in [1.54, 1.807) is 23.6 Å². The number of hydrogen-bond donors (Lipinski definition) is 0. The van der Waals surface area contributed by atoms with Crippen LogP contribution in [0.1, 0.15) is 8.22 Å². The van der Waals surface area contributed by atoms with Gasteiger partial charge in [0.05, 0.1) is 25.0 Å². The molecule has 0 N–H and O–H groups in total. The monoisotopic (exact) mass is 898 g/mol. The Balaban J connectivity index is 1.10. The summed E-state index contributed by atoms with van der Waals surface area (Å²) in [6.45, 7) is 0. The fourth-order valence-corrected chi connectivity index (χ4v) is 12.0. The lowest BCUT2D eigenvalue weighted by molar-refractivity contribution is 1.37. The third-order valence-electron chi connectivity index (χ3n) is 13.7. The first kappa shape index (κ1) is 33.7. The lowest BCUT2D eigenvalue weighted by Crippen LogP contribution is -1.93. The molecule has 320 valence electrons. The third kappa shape index (κ3) is 6.32. The Bertz CT molecular complexity index is 4740. The van der Waals surface area contributed by atoms with E-state index in [0.29, 0.717) is 22.3 Å². The van der Waals surface area contributed by atoms with E-state index in [-0.39, 0.29) is 46.1 Å². The first-order chi connectivity index (χ1) is 36.7. The zero-order chi connectivity index (χ0) is 50.6. The van der Waals surface area contributed by atoms with E-state index < -0.39 is 12.1 Å². The molecule has 0 saturated heterocycles. The fraction of sp³-hybridized carbons (Fsp3) is 0. The number of rotatable bonds is 6. The van der Waals surface area contributed by atoms with Crippen molar-refractivity contribution in [3.8, 4) is 65.5 Å². The van der Waals surface area contributed by atoms with Gasteiger partial charge in [0.25, 0.3) is 0 Å². The largest absolute Gasteiger partial charge is 0.254 e. The predicted octanol–water partition coefficient (Wildman–Crippen LogP) is 18.6. The quantitative estimate of drug-likeness (QED) is 0.155. The maximum Gasteiger partial charge on any atom is 0.0972 e. The molecule has 0 unspecified atom stereocenters. The summed E-state index contributed by atoms with van der Waals surface area (Å²) < 4.78 is 57.1. The number of nitrogens with zero attached hydrogens (tertiary/aromatic N) is 2. The van der Waals surface area contributed by atoms with Crippen molar-refractivity contribution in [2.24, 2.45) is 0 Å². The Morgan fingerprint density at radius 2 is 0.754 bits per heavy atom. The van der Waals surface area contributed by atoms with Crippen molar-refractivity contribution in [1.82, 2.24) is 9.97 Å². The van der Waals surface area contributed by atoms with Crippen molar-refractivity contribution in [3.63, 3.8) is 0 Å². The summed E-state index contributed by atoms with van der Waals surface area (Å²) in [4.78, 5) is 11.9. The zero-order valence-corrected chi connectivity index (χ0v) is 37.7. The highest BCUT2D eigenvalue weighted by Crippen LogP contribution is 2.56. The smallest absolute Gasteiger partial charge is 0.0972 e. The molecule has 0 saturated carbocycles. The van der Waals surface area contributed by atoms with Crippen LogP contribution in [0, 0.1) is 0 Å². The Hall–Kier alpha value is -8.76. The summed E-state index contributed by atoms with van der Waals surface area (Å²) in [5, 5.41) is 10.5. The molecule has 14 aromatic rings. The molecule has 14 rings (SSSR count).